The second-order valence-electron chi connectivity index (χ2n) is 5.63. The van der Waals surface area contributed by atoms with Crippen LogP contribution in [-0.4, -0.2) is 34.6 Å². The Labute approximate surface area is 134 Å². The fourth-order valence-corrected chi connectivity index (χ4v) is 3.35. The lowest BCUT2D eigenvalue weighted by atomic mass is 9.97. The van der Waals surface area contributed by atoms with Gasteiger partial charge in [0.1, 0.15) is 5.75 Å². The van der Waals surface area contributed by atoms with E-state index in [1.807, 2.05) is 11.0 Å². The van der Waals surface area contributed by atoms with Crippen molar-refractivity contribution in [3.05, 3.63) is 28.2 Å². The van der Waals surface area contributed by atoms with Crippen LogP contribution in [0.15, 0.2) is 22.7 Å². The minimum absolute atomic E-state index is 0.0153. The van der Waals surface area contributed by atoms with Gasteiger partial charge in [-0.1, -0.05) is 15.9 Å². The molecule has 1 aromatic rings. The van der Waals surface area contributed by atoms with Crippen molar-refractivity contribution >= 4 is 21.8 Å². The van der Waals surface area contributed by atoms with Crippen LogP contribution in [-0.2, 0) is 11.4 Å². The van der Waals surface area contributed by atoms with Gasteiger partial charge in [0.2, 0.25) is 0 Å². The highest BCUT2D eigenvalue weighted by atomic mass is 79.9. The van der Waals surface area contributed by atoms with Crippen LogP contribution in [0.3, 0.4) is 0 Å². The number of hydrogen-bond donors (Lipinski definition) is 1. The Balaban J connectivity index is 2.00. The van der Waals surface area contributed by atoms with E-state index in [0.29, 0.717) is 11.3 Å². The van der Waals surface area contributed by atoms with E-state index in [4.69, 9.17) is 4.74 Å². The molecule has 1 N–H and O–H groups in total. The SMILES string of the molecule is C[C@H]1CCC[C@H](C)N1C(=O)COc1ccc(Br)cc1CO. The molecule has 0 aromatic heterocycles. The largest absolute Gasteiger partial charge is 0.483 e. The van der Waals surface area contributed by atoms with Gasteiger partial charge in [-0.15, -0.1) is 0 Å². The molecule has 0 aliphatic carbocycles. The molecule has 0 unspecified atom stereocenters. The van der Waals surface area contributed by atoms with Crippen LogP contribution in [0.2, 0.25) is 0 Å². The first-order chi connectivity index (χ1) is 10.0. The molecular weight excluding hydrogens is 334 g/mol. The third-order valence-electron chi connectivity index (χ3n) is 4.03. The summed E-state index contributed by atoms with van der Waals surface area (Å²) in [5, 5.41) is 9.34. The number of aliphatic hydroxyl groups is 1. The van der Waals surface area contributed by atoms with E-state index in [9.17, 15) is 9.90 Å². The normalized spacial score (nSPS) is 22.2. The molecule has 1 aliphatic heterocycles. The van der Waals surface area contributed by atoms with Gasteiger partial charge < -0.3 is 14.7 Å². The summed E-state index contributed by atoms with van der Waals surface area (Å²) in [6, 6.07) is 5.95. The topological polar surface area (TPSA) is 49.8 Å². The van der Waals surface area contributed by atoms with E-state index in [1.54, 1.807) is 12.1 Å². The molecule has 1 aromatic carbocycles. The van der Waals surface area contributed by atoms with Crippen LogP contribution in [0, 0.1) is 0 Å². The standard InChI is InChI=1S/C16H22BrNO3/c1-11-4-3-5-12(2)18(11)16(20)10-21-15-7-6-14(17)8-13(15)9-19/h6-8,11-12,19H,3-5,9-10H2,1-2H3/t11-,12-/m0/s1. The van der Waals surface area contributed by atoms with Gasteiger partial charge in [-0.25, -0.2) is 0 Å². The van der Waals surface area contributed by atoms with Gasteiger partial charge in [0, 0.05) is 22.1 Å². The van der Waals surface area contributed by atoms with Crippen molar-refractivity contribution in [1.29, 1.82) is 0 Å². The molecular formula is C16H22BrNO3. The van der Waals surface area contributed by atoms with Gasteiger partial charge >= 0.3 is 0 Å². The smallest absolute Gasteiger partial charge is 0.260 e. The number of benzene rings is 1. The summed E-state index contributed by atoms with van der Waals surface area (Å²) in [7, 11) is 0. The maximum Gasteiger partial charge on any atom is 0.260 e. The summed E-state index contributed by atoms with van der Waals surface area (Å²) < 4.78 is 6.50. The molecule has 1 fully saturated rings. The van der Waals surface area contributed by atoms with Crippen molar-refractivity contribution in [3.8, 4) is 5.75 Å². The summed E-state index contributed by atoms with van der Waals surface area (Å²) in [5.41, 5.74) is 0.678. The van der Waals surface area contributed by atoms with Crippen LogP contribution in [0.25, 0.3) is 0 Å². The average Bonchev–Trinajstić information content (AvgIpc) is 2.45. The second-order valence-corrected chi connectivity index (χ2v) is 6.54. The molecule has 2 rings (SSSR count). The molecule has 1 saturated heterocycles. The van der Waals surface area contributed by atoms with Crippen molar-refractivity contribution in [2.24, 2.45) is 0 Å². The van der Waals surface area contributed by atoms with E-state index in [1.165, 1.54) is 6.42 Å². The van der Waals surface area contributed by atoms with Gasteiger partial charge in [0.15, 0.2) is 6.61 Å². The molecule has 1 aliphatic rings. The monoisotopic (exact) mass is 355 g/mol. The van der Waals surface area contributed by atoms with E-state index in [-0.39, 0.29) is 31.2 Å². The van der Waals surface area contributed by atoms with Crippen LogP contribution < -0.4 is 4.74 Å². The zero-order valence-corrected chi connectivity index (χ0v) is 14.1. The summed E-state index contributed by atoms with van der Waals surface area (Å²) in [6.45, 7) is 4.08. The van der Waals surface area contributed by atoms with Gasteiger partial charge in [-0.2, -0.15) is 0 Å². The van der Waals surface area contributed by atoms with Crippen molar-refractivity contribution < 1.29 is 14.6 Å². The van der Waals surface area contributed by atoms with Crippen LogP contribution in [0.1, 0.15) is 38.7 Å². The first-order valence-corrected chi connectivity index (χ1v) is 8.15. The Hall–Kier alpha value is -1.07. The Morgan fingerprint density at radius 1 is 1.38 bits per heavy atom. The predicted octanol–water partition coefficient (Wildman–Crippen LogP) is 3.11. The molecule has 116 valence electrons. The molecule has 4 nitrogen and oxygen atoms in total. The van der Waals surface area contributed by atoms with Gasteiger partial charge in [0.25, 0.3) is 5.91 Å². The van der Waals surface area contributed by atoms with Crippen molar-refractivity contribution in [1.82, 2.24) is 4.90 Å². The lowest BCUT2D eigenvalue weighted by molar-refractivity contribution is -0.139. The first-order valence-electron chi connectivity index (χ1n) is 7.36. The number of rotatable bonds is 4. The van der Waals surface area contributed by atoms with Gasteiger partial charge in [-0.3, -0.25) is 4.79 Å². The van der Waals surface area contributed by atoms with Gasteiger partial charge in [0.05, 0.1) is 6.61 Å². The summed E-state index contributed by atoms with van der Waals surface area (Å²) in [6.07, 6.45) is 3.28. The Morgan fingerprint density at radius 3 is 2.67 bits per heavy atom. The van der Waals surface area contributed by atoms with Crippen molar-refractivity contribution in [2.75, 3.05) is 6.61 Å². The molecule has 2 atom stereocenters. The highest BCUT2D eigenvalue weighted by Crippen LogP contribution is 2.25. The fourth-order valence-electron chi connectivity index (χ4n) is 2.94. The van der Waals surface area contributed by atoms with Crippen molar-refractivity contribution in [3.63, 3.8) is 0 Å². The van der Waals surface area contributed by atoms with Crippen LogP contribution >= 0.6 is 15.9 Å². The lowest BCUT2D eigenvalue weighted by Crippen LogP contribution is -2.49. The minimum atomic E-state index is -0.112. The summed E-state index contributed by atoms with van der Waals surface area (Å²) in [4.78, 5) is 14.3. The highest BCUT2D eigenvalue weighted by Gasteiger charge is 2.29. The molecule has 0 spiro atoms. The number of hydrogen-bond acceptors (Lipinski definition) is 3. The van der Waals surface area contributed by atoms with Crippen LogP contribution in [0.5, 0.6) is 5.75 Å². The summed E-state index contributed by atoms with van der Waals surface area (Å²) >= 11 is 3.35. The molecule has 0 saturated carbocycles. The number of carbonyl (C=O) groups excluding carboxylic acids is 1. The third kappa shape index (κ3) is 3.98. The van der Waals surface area contributed by atoms with Crippen molar-refractivity contribution in [2.45, 2.75) is 51.8 Å². The maximum atomic E-state index is 12.4. The summed E-state index contributed by atoms with van der Waals surface area (Å²) in [5.74, 6) is 0.577. The number of likely N-dealkylation sites (tertiary alicyclic amines) is 1. The zero-order valence-electron chi connectivity index (χ0n) is 12.5. The number of amides is 1. The van der Waals surface area contributed by atoms with Crippen LogP contribution in [0.4, 0.5) is 0 Å². The predicted molar refractivity (Wildman–Crippen MR) is 85.2 cm³/mol. The number of aliphatic hydroxyl groups excluding tert-OH is 1. The Bertz CT molecular complexity index is 496. The molecule has 1 heterocycles. The van der Waals surface area contributed by atoms with E-state index < -0.39 is 0 Å². The number of halogens is 1. The fraction of sp³-hybridized carbons (Fsp3) is 0.562. The first kappa shape index (κ1) is 16.3. The molecule has 0 bridgehead atoms. The number of carbonyl (C=O) groups is 1. The number of nitrogens with zero attached hydrogens (tertiary/aromatic N) is 1. The zero-order chi connectivity index (χ0) is 15.4. The van der Waals surface area contributed by atoms with E-state index in [2.05, 4.69) is 29.8 Å². The third-order valence-corrected chi connectivity index (χ3v) is 4.52. The number of piperidine rings is 1. The molecule has 0 radical (unpaired) electrons. The average molecular weight is 356 g/mol. The minimum Gasteiger partial charge on any atom is -0.483 e. The quantitative estimate of drug-likeness (QED) is 0.902. The maximum absolute atomic E-state index is 12.4. The second kappa shape index (κ2) is 7.27. The van der Waals surface area contributed by atoms with E-state index >= 15 is 0 Å². The van der Waals surface area contributed by atoms with Gasteiger partial charge in [-0.05, 0) is 51.3 Å². The highest BCUT2D eigenvalue weighted by molar-refractivity contribution is 9.10. The van der Waals surface area contributed by atoms with E-state index in [0.717, 1.165) is 17.3 Å². The lowest BCUT2D eigenvalue weighted by Gasteiger charge is -2.39. The Morgan fingerprint density at radius 2 is 2.05 bits per heavy atom. The molecule has 21 heavy (non-hydrogen) atoms. The number of ether oxygens (including phenoxy) is 1. The Kier molecular flexibility index (Phi) is 5.65. The molecule has 5 heteroatoms. The molecule has 1 amide bonds.